The first-order chi connectivity index (χ1) is 14.7. The third-order valence-electron chi connectivity index (χ3n) is 4.71. The van der Waals surface area contributed by atoms with Crippen molar-refractivity contribution in [3.8, 4) is 11.6 Å². The van der Waals surface area contributed by atoms with E-state index < -0.39 is 0 Å². The monoisotopic (exact) mass is 539 g/mol. The molecule has 0 radical (unpaired) electrons. The normalized spacial score (nSPS) is 11.4. The van der Waals surface area contributed by atoms with Crippen LogP contribution in [0.5, 0.6) is 0 Å². The highest BCUT2D eigenvalue weighted by molar-refractivity contribution is 14.0. The first kappa shape index (κ1) is 24.8. The van der Waals surface area contributed by atoms with Gasteiger partial charge in [0.25, 0.3) is 5.89 Å². The number of hydrogen-bond donors (Lipinski definition) is 2. The standard InChI is InChI=1S/C21H29N7O2.HI/c1-4-15(5-2)18-13-16(29-27-18)14-25-21(22-6-3)24-12-10-19-26-20(30-28-19)17-9-7-8-11-23-17;/h7-9,11,13,15H,4-6,10,12,14H2,1-3H3,(H2,22,24,25);1H. The maximum absolute atomic E-state index is 5.45. The molecule has 3 rings (SSSR count). The van der Waals surface area contributed by atoms with Gasteiger partial charge in [0.15, 0.2) is 17.5 Å². The van der Waals surface area contributed by atoms with Gasteiger partial charge in [-0.25, -0.2) is 4.99 Å². The predicted molar refractivity (Wildman–Crippen MR) is 129 cm³/mol. The van der Waals surface area contributed by atoms with E-state index in [2.05, 4.69) is 49.8 Å². The summed E-state index contributed by atoms with van der Waals surface area (Å²) in [6.07, 6.45) is 4.39. The van der Waals surface area contributed by atoms with E-state index in [1.807, 2.05) is 31.2 Å². The van der Waals surface area contributed by atoms with Crippen molar-refractivity contribution in [3.05, 3.63) is 47.7 Å². The van der Waals surface area contributed by atoms with Gasteiger partial charge in [-0.2, -0.15) is 4.98 Å². The van der Waals surface area contributed by atoms with Gasteiger partial charge in [-0.15, -0.1) is 24.0 Å². The number of aromatic nitrogens is 4. The van der Waals surface area contributed by atoms with Crippen molar-refractivity contribution in [2.45, 2.75) is 52.5 Å². The van der Waals surface area contributed by atoms with Crippen molar-refractivity contribution >= 4 is 29.9 Å². The first-order valence-electron chi connectivity index (χ1n) is 10.4. The summed E-state index contributed by atoms with van der Waals surface area (Å²) in [5.74, 6) is 2.93. The molecule has 0 aliphatic carbocycles. The highest BCUT2D eigenvalue weighted by Gasteiger charge is 2.13. The predicted octanol–water partition coefficient (Wildman–Crippen LogP) is 3.94. The Bertz CT molecular complexity index is 923. The fraction of sp³-hybridized carbons (Fsp3) is 0.476. The molecule has 168 valence electrons. The summed E-state index contributed by atoms with van der Waals surface area (Å²) in [4.78, 5) is 13.2. The molecule has 0 bridgehead atoms. The van der Waals surface area contributed by atoms with Gasteiger partial charge < -0.3 is 19.7 Å². The van der Waals surface area contributed by atoms with Crippen LogP contribution in [-0.4, -0.2) is 39.3 Å². The zero-order chi connectivity index (χ0) is 21.2. The van der Waals surface area contributed by atoms with Gasteiger partial charge in [0, 0.05) is 37.7 Å². The molecule has 0 unspecified atom stereocenters. The molecule has 31 heavy (non-hydrogen) atoms. The highest BCUT2D eigenvalue weighted by atomic mass is 127. The van der Waals surface area contributed by atoms with Crippen LogP contribution < -0.4 is 10.6 Å². The van der Waals surface area contributed by atoms with Crippen LogP contribution in [-0.2, 0) is 13.0 Å². The van der Waals surface area contributed by atoms with E-state index in [1.54, 1.807) is 6.20 Å². The number of aliphatic imine (C=N–C) groups is 1. The molecule has 2 N–H and O–H groups in total. The van der Waals surface area contributed by atoms with Crippen molar-refractivity contribution in [1.82, 2.24) is 30.9 Å². The van der Waals surface area contributed by atoms with E-state index in [9.17, 15) is 0 Å². The number of nitrogens with zero attached hydrogens (tertiary/aromatic N) is 5. The number of guanidine groups is 1. The maximum Gasteiger partial charge on any atom is 0.276 e. The smallest absolute Gasteiger partial charge is 0.276 e. The lowest BCUT2D eigenvalue weighted by Gasteiger charge is -2.09. The molecule has 0 amide bonds. The molecular weight excluding hydrogens is 509 g/mol. The molecule has 0 aliphatic heterocycles. The van der Waals surface area contributed by atoms with Crippen LogP contribution in [0.4, 0.5) is 0 Å². The molecule has 0 aromatic carbocycles. The molecule has 3 aromatic rings. The minimum atomic E-state index is 0. The molecule has 3 heterocycles. The Labute approximate surface area is 199 Å². The minimum Gasteiger partial charge on any atom is -0.359 e. The Kier molecular flexibility index (Phi) is 10.4. The van der Waals surface area contributed by atoms with E-state index in [0.717, 1.165) is 30.8 Å². The average Bonchev–Trinajstić information content (AvgIpc) is 3.44. The fourth-order valence-corrected chi connectivity index (χ4v) is 3.04. The summed E-state index contributed by atoms with van der Waals surface area (Å²) in [6.45, 7) is 8.15. The first-order valence-corrected chi connectivity index (χ1v) is 10.4. The summed E-state index contributed by atoms with van der Waals surface area (Å²) in [6, 6.07) is 7.57. The van der Waals surface area contributed by atoms with Crippen molar-refractivity contribution in [2.24, 2.45) is 4.99 Å². The van der Waals surface area contributed by atoms with Crippen molar-refractivity contribution < 1.29 is 9.05 Å². The van der Waals surface area contributed by atoms with E-state index in [4.69, 9.17) is 9.05 Å². The molecule has 0 atom stereocenters. The third-order valence-corrected chi connectivity index (χ3v) is 4.71. The third kappa shape index (κ3) is 7.30. The summed E-state index contributed by atoms with van der Waals surface area (Å²) in [5, 5.41) is 14.7. The molecule has 3 aromatic heterocycles. The van der Waals surface area contributed by atoms with Crippen molar-refractivity contribution in [1.29, 1.82) is 0 Å². The Balaban J connectivity index is 0.00000341. The highest BCUT2D eigenvalue weighted by Crippen LogP contribution is 2.22. The maximum atomic E-state index is 5.45. The number of hydrogen-bond acceptors (Lipinski definition) is 7. The van der Waals surface area contributed by atoms with Crippen molar-refractivity contribution in [3.63, 3.8) is 0 Å². The molecule has 9 nitrogen and oxygen atoms in total. The second-order valence-electron chi connectivity index (χ2n) is 6.83. The fourth-order valence-electron chi connectivity index (χ4n) is 3.04. The second-order valence-corrected chi connectivity index (χ2v) is 6.83. The van der Waals surface area contributed by atoms with E-state index >= 15 is 0 Å². The summed E-state index contributed by atoms with van der Waals surface area (Å²) in [7, 11) is 0. The van der Waals surface area contributed by atoms with E-state index in [-0.39, 0.29) is 24.0 Å². The Hall–Kier alpha value is -2.50. The molecular formula is C21H30IN7O2. The summed E-state index contributed by atoms with van der Waals surface area (Å²) >= 11 is 0. The number of rotatable bonds is 10. The van der Waals surface area contributed by atoms with Crippen LogP contribution in [0, 0.1) is 0 Å². The Morgan fingerprint density at radius 3 is 2.65 bits per heavy atom. The molecule has 0 saturated heterocycles. The molecule has 0 aliphatic rings. The van der Waals surface area contributed by atoms with Crippen LogP contribution in [0.2, 0.25) is 0 Å². The summed E-state index contributed by atoms with van der Waals surface area (Å²) < 4.78 is 10.7. The Morgan fingerprint density at radius 1 is 1.10 bits per heavy atom. The number of pyridine rings is 1. The zero-order valence-electron chi connectivity index (χ0n) is 18.2. The Morgan fingerprint density at radius 2 is 1.94 bits per heavy atom. The van der Waals surface area contributed by atoms with Gasteiger partial charge in [-0.1, -0.05) is 30.2 Å². The van der Waals surface area contributed by atoms with Crippen LogP contribution in [0.1, 0.15) is 56.8 Å². The van der Waals surface area contributed by atoms with Gasteiger partial charge >= 0.3 is 0 Å². The molecule has 0 saturated carbocycles. The summed E-state index contributed by atoms with van der Waals surface area (Å²) in [5.41, 5.74) is 1.67. The number of nitrogens with one attached hydrogen (secondary N) is 2. The SMILES string of the molecule is CCNC(=NCc1cc(C(CC)CC)no1)NCCc1noc(-c2ccccn2)n1.I. The van der Waals surface area contributed by atoms with Gasteiger partial charge in [0.2, 0.25) is 0 Å². The van der Waals surface area contributed by atoms with Gasteiger partial charge in [-0.3, -0.25) is 4.98 Å². The topological polar surface area (TPSA) is 114 Å². The lowest BCUT2D eigenvalue weighted by molar-refractivity contribution is 0.372. The van der Waals surface area contributed by atoms with E-state index in [1.165, 1.54) is 0 Å². The average molecular weight is 539 g/mol. The lowest BCUT2D eigenvalue weighted by Crippen LogP contribution is -2.38. The quantitative estimate of drug-likeness (QED) is 0.226. The van der Waals surface area contributed by atoms with E-state index in [0.29, 0.717) is 48.8 Å². The van der Waals surface area contributed by atoms with Gasteiger partial charge in [0.05, 0.1) is 5.69 Å². The van der Waals surface area contributed by atoms with Crippen molar-refractivity contribution in [2.75, 3.05) is 13.1 Å². The zero-order valence-corrected chi connectivity index (χ0v) is 20.5. The van der Waals surface area contributed by atoms with Gasteiger partial charge in [0.1, 0.15) is 12.2 Å². The van der Waals surface area contributed by atoms with Crippen LogP contribution in [0.15, 0.2) is 44.5 Å². The molecule has 0 spiro atoms. The van der Waals surface area contributed by atoms with Crippen LogP contribution in [0.3, 0.4) is 0 Å². The van der Waals surface area contributed by atoms with Crippen LogP contribution in [0.25, 0.3) is 11.6 Å². The number of halogens is 1. The van der Waals surface area contributed by atoms with Gasteiger partial charge in [-0.05, 0) is 31.9 Å². The second kappa shape index (κ2) is 13.0. The lowest BCUT2D eigenvalue weighted by atomic mass is 9.99. The van der Waals surface area contributed by atoms with Crippen LogP contribution >= 0.6 is 24.0 Å². The largest absolute Gasteiger partial charge is 0.359 e. The molecule has 0 fully saturated rings. The minimum absolute atomic E-state index is 0. The molecule has 10 heteroatoms.